The van der Waals surface area contributed by atoms with Crippen molar-refractivity contribution in [2.24, 2.45) is 11.7 Å². The second-order valence-electron chi connectivity index (χ2n) is 7.55. The number of benzene rings is 2. The van der Waals surface area contributed by atoms with Gasteiger partial charge in [-0.05, 0) is 85.0 Å². The van der Waals surface area contributed by atoms with Crippen molar-refractivity contribution in [2.45, 2.75) is 38.8 Å². The van der Waals surface area contributed by atoms with Gasteiger partial charge in [-0.1, -0.05) is 48.6 Å². The molecule has 0 saturated heterocycles. The molecule has 0 aliphatic heterocycles. The molecule has 1 aliphatic carbocycles. The molecule has 0 amide bonds. The second-order valence-corrected chi connectivity index (χ2v) is 7.55. The minimum absolute atomic E-state index is 0.456. The number of fused-ring (bicyclic) bond motifs is 1. The summed E-state index contributed by atoms with van der Waals surface area (Å²) in [5.41, 5.74) is 12.2. The number of halogens is 3. The molecule has 2 aromatic rings. The molecule has 28 heavy (non-hydrogen) atoms. The normalized spacial score (nSPS) is 16.9. The highest BCUT2D eigenvalue weighted by atomic mass is 19.4. The Morgan fingerprint density at radius 1 is 1.14 bits per heavy atom. The van der Waals surface area contributed by atoms with E-state index < -0.39 is 11.7 Å². The van der Waals surface area contributed by atoms with Gasteiger partial charge in [0.1, 0.15) is 0 Å². The topological polar surface area (TPSA) is 26.0 Å². The Balaban J connectivity index is 1.84. The van der Waals surface area contributed by atoms with Crippen molar-refractivity contribution in [3.63, 3.8) is 0 Å². The molecular weight excluding hydrogens is 359 g/mol. The Hall–Kier alpha value is -2.33. The smallest absolute Gasteiger partial charge is 0.330 e. The summed E-state index contributed by atoms with van der Waals surface area (Å²) in [5, 5.41) is 0. The summed E-state index contributed by atoms with van der Waals surface area (Å²) in [6, 6.07) is 11.8. The molecule has 0 aromatic heterocycles. The molecular formula is C24H26F3N. The van der Waals surface area contributed by atoms with E-state index in [-0.39, 0.29) is 0 Å². The lowest BCUT2D eigenvalue weighted by Crippen LogP contribution is -2.05. The van der Waals surface area contributed by atoms with Crippen LogP contribution in [0.2, 0.25) is 0 Å². The molecule has 4 heteroatoms. The molecule has 1 atom stereocenters. The van der Waals surface area contributed by atoms with Gasteiger partial charge >= 0.3 is 6.18 Å². The minimum atomic E-state index is -4.32. The molecule has 1 aliphatic rings. The van der Waals surface area contributed by atoms with E-state index in [1.165, 1.54) is 34.4 Å². The van der Waals surface area contributed by atoms with E-state index in [9.17, 15) is 13.2 Å². The molecule has 0 bridgehead atoms. The van der Waals surface area contributed by atoms with Crippen LogP contribution in [-0.4, -0.2) is 6.54 Å². The predicted molar refractivity (Wildman–Crippen MR) is 109 cm³/mol. The number of nitrogens with two attached hydrogens (primary N) is 1. The fraction of sp³-hybridized carbons (Fsp3) is 0.333. The number of alkyl halides is 3. The first-order valence-electron chi connectivity index (χ1n) is 9.61. The molecule has 2 N–H and O–H groups in total. The maximum atomic E-state index is 12.8. The summed E-state index contributed by atoms with van der Waals surface area (Å²) < 4.78 is 38.4. The summed E-state index contributed by atoms with van der Waals surface area (Å²) >= 11 is 0. The Morgan fingerprint density at radius 3 is 2.46 bits per heavy atom. The Labute approximate surface area is 164 Å². The highest BCUT2D eigenvalue weighted by Crippen LogP contribution is 2.34. The van der Waals surface area contributed by atoms with Gasteiger partial charge in [0.2, 0.25) is 0 Å². The van der Waals surface area contributed by atoms with Crippen LogP contribution in [0.15, 0.2) is 60.7 Å². The summed E-state index contributed by atoms with van der Waals surface area (Å²) in [6.07, 6.45) is 1.23. The van der Waals surface area contributed by atoms with E-state index in [0.29, 0.717) is 18.9 Å². The van der Waals surface area contributed by atoms with Crippen molar-refractivity contribution in [1.82, 2.24) is 0 Å². The van der Waals surface area contributed by atoms with Crippen molar-refractivity contribution in [2.75, 3.05) is 6.54 Å². The predicted octanol–water partition coefficient (Wildman–Crippen LogP) is 5.97. The van der Waals surface area contributed by atoms with Crippen LogP contribution in [-0.2, 0) is 25.4 Å². The Bertz CT molecular complexity index is 876. The summed E-state index contributed by atoms with van der Waals surface area (Å²) in [5.74, 6) is 0.499. The second kappa shape index (κ2) is 8.36. The first-order valence-corrected chi connectivity index (χ1v) is 9.61. The molecule has 0 heterocycles. The zero-order chi connectivity index (χ0) is 20.3. The van der Waals surface area contributed by atoms with Gasteiger partial charge in [0, 0.05) is 0 Å². The van der Waals surface area contributed by atoms with Gasteiger partial charge in [0.05, 0.1) is 5.56 Å². The number of allylic oxidation sites excluding steroid dienone is 2. The highest BCUT2D eigenvalue weighted by Gasteiger charge is 2.30. The molecule has 2 aromatic carbocycles. The molecule has 0 radical (unpaired) electrons. The number of hydrogen-bond acceptors (Lipinski definition) is 1. The van der Waals surface area contributed by atoms with Gasteiger partial charge in [-0.15, -0.1) is 0 Å². The molecule has 0 spiro atoms. The highest BCUT2D eigenvalue weighted by molar-refractivity contribution is 5.66. The van der Waals surface area contributed by atoms with Gasteiger partial charge < -0.3 is 5.73 Å². The molecule has 0 fully saturated rings. The lowest BCUT2D eigenvalue weighted by Gasteiger charge is -2.12. The SMILES string of the molecule is C=C(C)C1Cc2cccc(C/C=C(\CCN)c3ccc(C(F)(F)F)cc3)c2C1. The Kier molecular flexibility index (Phi) is 6.09. The van der Waals surface area contributed by atoms with Crippen LogP contribution >= 0.6 is 0 Å². The maximum absolute atomic E-state index is 12.8. The molecule has 0 saturated carbocycles. The van der Waals surface area contributed by atoms with Crippen LogP contribution in [0.3, 0.4) is 0 Å². The number of hydrogen-bond donors (Lipinski definition) is 1. The van der Waals surface area contributed by atoms with Crippen LogP contribution < -0.4 is 5.73 Å². The Morgan fingerprint density at radius 2 is 1.86 bits per heavy atom. The lowest BCUT2D eigenvalue weighted by atomic mass is 9.95. The van der Waals surface area contributed by atoms with Crippen LogP contribution in [0.5, 0.6) is 0 Å². The molecule has 148 valence electrons. The fourth-order valence-corrected chi connectivity index (χ4v) is 3.89. The quantitative estimate of drug-likeness (QED) is 0.609. The fourth-order valence-electron chi connectivity index (χ4n) is 3.89. The first kappa shape index (κ1) is 20.4. The monoisotopic (exact) mass is 385 g/mol. The average molecular weight is 385 g/mol. The van der Waals surface area contributed by atoms with E-state index in [0.717, 1.165) is 42.5 Å². The molecule has 1 nitrogen and oxygen atoms in total. The lowest BCUT2D eigenvalue weighted by molar-refractivity contribution is -0.137. The van der Waals surface area contributed by atoms with Crippen molar-refractivity contribution >= 4 is 5.57 Å². The van der Waals surface area contributed by atoms with Crippen molar-refractivity contribution in [3.8, 4) is 0 Å². The van der Waals surface area contributed by atoms with Crippen LogP contribution in [0.4, 0.5) is 13.2 Å². The minimum Gasteiger partial charge on any atom is -0.330 e. The van der Waals surface area contributed by atoms with Gasteiger partial charge in [-0.3, -0.25) is 0 Å². The summed E-state index contributed by atoms with van der Waals surface area (Å²) in [4.78, 5) is 0. The maximum Gasteiger partial charge on any atom is 0.416 e. The standard InChI is InChI=1S/C24H26F3N/c1-16(2)21-14-20-5-3-4-19(23(20)15-21)7-6-18(12-13-28)17-8-10-22(11-9-17)24(25,26)27/h3-6,8-11,21H,1,7,12-15,28H2,2H3/b18-6+. The summed E-state index contributed by atoms with van der Waals surface area (Å²) in [7, 11) is 0. The van der Waals surface area contributed by atoms with E-state index >= 15 is 0 Å². The average Bonchev–Trinajstić information content (AvgIpc) is 3.10. The van der Waals surface area contributed by atoms with Crippen LogP contribution in [0.1, 0.15) is 41.2 Å². The third-order valence-electron chi connectivity index (χ3n) is 5.55. The molecule has 1 unspecified atom stereocenters. The zero-order valence-corrected chi connectivity index (χ0v) is 16.2. The summed E-state index contributed by atoms with van der Waals surface area (Å²) in [6.45, 7) is 6.65. The first-order chi connectivity index (χ1) is 13.3. The zero-order valence-electron chi connectivity index (χ0n) is 16.2. The van der Waals surface area contributed by atoms with Crippen LogP contribution in [0, 0.1) is 5.92 Å². The van der Waals surface area contributed by atoms with E-state index in [1.807, 2.05) is 0 Å². The molecule has 3 rings (SSSR count). The van der Waals surface area contributed by atoms with Crippen molar-refractivity contribution in [1.29, 1.82) is 0 Å². The van der Waals surface area contributed by atoms with Gasteiger partial charge in [-0.2, -0.15) is 13.2 Å². The number of rotatable bonds is 6. The van der Waals surface area contributed by atoms with Gasteiger partial charge in [0.25, 0.3) is 0 Å². The van der Waals surface area contributed by atoms with Crippen molar-refractivity contribution < 1.29 is 13.2 Å². The third kappa shape index (κ3) is 4.56. The van der Waals surface area contributed by atoms with E-state index in [4.69, 9.17) is 5.73 Å². The van der Waals surface area contributed by atoms with Gasteiger partial charge in [0.15, 0.2) is 0 Å². The van der Waals surface area contributed by atoms with E-state index in [2.05, 4.69) is 37.8 Å². The van der Waals surface area contributed by atoms with E-state index in [1.54, 1.807) is 0 Å². The largest absolute Gasteiger partial charge is 0.416 e. The van der Waals surface area contributed by atoms with Gasteiger partial charge in [-0.25, -0.2) is 0 Å². The third-order valence-corrected chi connectivity index (χ3v) is 5.55. The van der Waals surface area contributed by atoms with Crippen LogP contribution in [0.25, 0.3) is 5.57 Å². The van der Waals surface area contributed by atoms with Crippen molar-refractivity contribution in [3.05, 3.63) is 88.5 Å².